The van der Waals surface area contributed by atoms with Crippen LogP contribution in [-0.2, 0) is 6.42 Å². The second kappa shape index (κ2) is 5.43. The third-order valence-electron chi connectivity index (χ3n) is 2.74. The van der Waals surface area contributed by atoms with E-state index >= 15 is 0 Å². The zero-order chi connectivity index (χ0) is 13.8. The van der Waals surface area contributed by atoms with Crippen molar-refractivity contribution in [2.45, 2.75) is 6.42 Å². The Labute approximate surface area is 110 Å². The van der Waals surface area contributed by atoms with Gasteiger partial charge in [0.25, 0.3) is 0 Å². The number of imidazole rings is 1. The van der Waals surface area contributed by atoms with Crippen LogP contribution in [0.15, 0.2) is 30.6 Å². The van der Waals surface area contributed by atoms with Crippen molar-refractivity contribution in [3.05, 3.63) is 36.2 Å². The van der Waals surface area contributed by atoms with Gasteiger partial charge >= 0.3 is 0 Å². The fourth-order valence-electron chi connectivity index (χ4n) is 1.78. The number of anilines is 1. The summed E-state index contributed by atoms with van der Waals surface area (Å²) in [7, 11) is 3.12. The molecule has 0 atom stereocenters. The number of nitrogens with two attached hydrogens (primary N) is 1. The van der Waals surface area contributed by atoms with Crippen LogP contribution < -0.4 is 15.2 Å². The molecule has 100 valence electrons. The van der Waals surface area contributed by atoms with E-state index in [1.165, 1.54) is 10.8 Å². The molecule has 1 aromatic heterocycles. The van der Waals surface area contributed by atoms with Crippen molar-refractivity contribution in [1.29, 1.82) is 0 Å². The summed E-state index contributed by atoms with van der Waals surface area (Å²) in [5.74, 6) is 1.25. The molecule has 0 radical (unpaired) electrons. The Balaban J connectivity index is 2.20. The Morgan fingerprint density at radius 3 is 2.63 bits per heavy atom. The van der Waals surface area contributed by atoms with Crippen LogP contribution in [0.1, 0.15) is 10.4 Å². The van der Waals surface area contributed by atoms with Gasteiger partial charge < -0.3 is 15.2 Å². The Hall–Kier alpha value is -2.50. The molecule has 6 heteroatoms. The van der Waals surface area contributed by atoms with Crippen LogP contribution in [0.3, 0.4) is 0 Å². The molecule has 2 rings (SSSR count). The second-order valence-electron chi connectivity index (χ2n) is 3.92. The van der Waals surface area contributed by atoms with E-state index in [4.69, 9.17) is 15.2 Å². The lowest BCUT2D eigenvalue weighted by Gasteiger charge is -2.09. The van der Waals surface area contributed by atoms with Crippen LogP contribution in [0.5, 0.6) is 11.5 Å². The van der Waals surface area contributed by atoms with Gasteiger partial charge in [0.05, 0.1) is 20.6 Å². The smallest absolute Gasteiger partial charge is 0.237 e. The Kier molecular flexibility index (Phi) is 3.70. The van der Waals surface area contributed by atoms with Crippen molar-refractivity contribution >= 4 is 11.9 Å². The third-order valence-corrected chi connectivity index (χ3v) is 2.74. The van der Waals surface area contributed by atoms with E-state index in [-0.39, 0.29) is 18.3 Å². The lowest BCUT2D eigenvalue weighted by atomic mass is 10.1. The minimum Gasteiger partial charge on any atom is -0.493 e. The van der Waals surface area contributed by atoms with E-state index in [9.17, 15) is 4.79 Å². The maximum Gasteiger partial charge on any atom is 0.237 e. The monoisotopic (exact) mass is 261 g/mol. The predicted octanol–water partition coefficient (Wildman–Crippen LogP) is 1.37. The SMILES string of the molecule is COc1ccc(CC(=O)n2ccnc2N)cc1OC. The van der Waals surface area contributed by atoms with E-state index in [2.05, 4.69) is 4.98 Å². The maximum absolute atomic E-state index is 12.0. The highest BCUT2D eigenvalue weighted by Gasteiger charge is 2.11. The molecule has 2 aromatic rings. The first kappa shape index (κ1) is 12.9. The molecule has 0 amide bonds. The highest BCUT2D eigenvalue weighted by molar-refractivity contribution is 5.83. The summed E-state index contributed by atoms with van der Waals surface area (Å²) in [5, 5.41) is 0. The molecule has 6 nitrogen and oxygen atoms in total. The van der Waals surface area contributed by atoms with E-state index in [0.29, 0.717) is 11.5 Å². The van der Waals surface area contributed by atoms with Gasteiger partial charge in [-0.15, -0.1) is 0 Å². The Morgan fingerprint density at radius 1 is 1.32 bits per heavy atom. The molecule has 0 spiro atoms. The van der Waals surface area contributed by atoms with E-state index < -0.39 is 0 Å². The van der Waals surface area contributed by atoms with Gasteiger partial charge in [-0.3, -0.25) is 9.36 Å². The molecule has 0 fully saturated rings. The molecule has 0 aliphatic carbocycles. The molecule has 0 aliphatic rings. The average molecular weight is 261 g/mol. The van der Waals surface area contributed by atoms with Gasteiger partial charge in [-0.1, -0.05) is 6.07 Å². The van der Waals surface area contributed by atoms with Gasteiger partial charge in [-0.2, -0.15) is 0 Å². The predicted molar refractivity (Wildman–Crippen MR) is 70.5 cm³/mol. The summed E-state index contributed by atoms with van der Waals surface area (Å²) in [4.78, 5) is 15.8. The maximum atomic E-state index is 12.0. The normalized spacial score (nSPS) is 10.2. The summed E-state index contributed by atoms with van der Waals surface area (Å²) in [6.07, 6.45) is 3.24. The van der Waals surface area contributed by atoms with Crippen molar-refractivity contribution in [2.24, 2.45) is 0 Å². The highest BCUT2D eigenvalue weighted by Crippen LogP contribution is 2.27. The summed E-state index contributed by atoms with van der Waals surface area (Å²) < 4.78 is 11.7. The molecular weight excluding hydrogens is 246 g/mol. The first-order valence-corrected chi connectivity index (χ1v) is 5.68. The van der Waals surface area contributed by atoms with Crippen LogP contribution in [0.25, 0.3) is 0 Å². The number of methoxy groups -OCH3 is 2. The zero-order valence-corrected chi connectivity index (χ0v) is 10.8. The summed E-state index contributed by atoms with van der Waals surface area (Å²) in [5.41, 5.74) is 6.40. The first-order chi connectivity index (χ1) is 9.15. The minimum absolute atomic E-state index is 0.151. The van der Waals surface area contributed by atoms with Gasteiger partial charge in [-0.05, 0) is 17.7 Å². The minimum atomic E-state index is -0.151. The largest absolute Gasteiger partial charge is 0.493 e. The van der Waals surface area contributed by atoms with Crippen LogP contribution in [0.2, 0.25) is 0 Å². The number of rotatable bonds is 4. The molecule has 0 saturated carbocycles. The molecular formula is C13H15N3O3. The number of ether oxygens (including phenoxy) is 2. The second-order valence-corrected chi connectivity index (χ2v) is 3.92. The van der Waals surface area contributed by atoms with Crippen LogP contribution >= 0.6 is 0 Å². The zero-order valence-electron chi connectivity index (χ0n) is 10.8. The number of hydrogen-bond donors (Lipinski definition) is 1. The van der Waals surface area contributed by atoms with Crippen LogP contribution in [0.4, 0.5) is 5.95 Å². The van der Waals surface area contributed by atoms with Crippen molar-refractivity contribution in [3.8, 4) is 11.5 Å². The van der Waals surface area contributed by atoms with Crippen molar-refractivity contribution in [1.82, 2.24) is 9.55 Å². The third kappa shape index (κ3) is 2.67. The van der Waals surface area contributed by atoms with Gasteiger partial charge in [0.1, 0.15) is 0 Å². The van der Waals surface area contributed by atoms with Crippen LogP contribution in [-0.4, -0.2) is 29.7 Å². The van der Waals surface area contributed by atoms with E-state index in [1.54, 1.807) is 32.5 Å². The molecule has 2 N–H and O–H groups in total. The number of nitrogen functional groups attached to an aromatic ring is 1. The lowest BCUT2D eigenvalue weighted by molar-refractivity contribution is 0.0916. The van der Waals surface area contributed by atoms with E-state index in [0.717, 1.165) is 5.56 Å². The summed E-state index contributed by atoms with van der Waals surface area (Å²) >= 11 is 0. The molecule has 19 heavy (non-hydrogen) atoms. The molecule has 0 saturated heterocycles. The summed E-state index contributed by atoms with van der Waals surface area (Å²) in [6, 6.07) is 5.34. The fourth-order valence-corrected chi connectivity index (χ4v) is 1.78. The number of carbonyl (C=O) groups is 1. The Morgan fingerprint density at radius 2 is 2.05 bits per heavy atom. The molecule has 1 aromatic carbocycles. The number of hydrogen-bond acceptors (Lipinski definition) is 5. The molecule has 1 heterocycles. The number of aromatic nitrogens is 2. The molecule has 0 unspecified atom stereocenters. The number of carbonyl (C=O) groups excluding carboxylic acids is 1. The first-order valence-electron chi connectivity index (χ1n) is 5.68. The number of benzene rings is 1. The van der Waals surface area contributed by atoms with Gasteiger partial charge in [-0.25, -0.2) is 4.98 Å². The molecule has 0 aliphatic heterocycles. The number of nitrogens with zero attached hydrogens (tertiary/aromatic N) is 2. The van der Waals surface area contributed by atoms with E-state index in [1.807, 2.05) is 6.07 Å². The molecule has 0 bridgehead atoms. The van der Waals surface area contributed by atoms with Crippen molar-refractivity contribution < 1.29 is 14.3 Å². The van der Waals surface area contributed by atoms with Crippen molar-refractivity contribution in [2.75, 3.05) is 20.0 Å². The quantitative estimate of drug-likeness (QED) is 0.899. The standard InChI is InChI=1S/C13H15N3O3/c1-18-10-4-3-9(7-11(10)19-2)8-12(17)16-6-5-15-13(16)14/h3-7H,8H2,1-2H3,(H2,14,15). The van der Waals surface area contributed by atoms with Crippen LogP contribution in [0, 0.1) is 0 Å². The van der Waals surface area contributed by atoms with Gasteiger partial charge in [0.15, 0.2) is 11.5 Å². The average Bonchev–Trinajstić information content (AvgIpc) is 2.85. The highest BCUT2D eigenvalue weighted by atomic mass is 16.5. The Bertz CT molecular complexity index is 593. The van der Waals surface area contributed by atoms with Gasteiger partial charge in [0.2, 0.25) is 11.9 Å². The van der Waals surface area contributed by atoms with Gasteiger partial charge in [0, 0.05) is 12.4 Å². The lowest BCUT2D eigenvalue weighted by Crippen LogP contribution is -2.15. The topological polar surface area (TPSA) is 79.4 Å². The fraction of sp³-hybridized carbons (Fsp3) is 0.231. The summed E-state index contributed by atoms with van der Waals surface area (Å²) in [6.45, 7) is 0. The van der Waals surface area contributed by atoms with Crippen molar-refractivity contribution in [3.63, 3.8) is 0 Å².